The van der Waals surface area contributed by atoms with Gasteiger partial charge in [0.05, 0.1) is 6.61 Å². The van der Waals surface area contributed by atoms with E-state index in [4.69, 9.17) is 4.74 Å². The molecule has 2 aromatic rings. The fourth-order valence-electron chi connectivity index (χ4n) is 2.06. The Hall–Kier alpha value is -1.45. The second-order valence-corrected chi connectivity index (χ2v) is 4.66. The number of nitrogens with one attached hydrogen (secondary N) is 1. The van der Waals surface area contributed by atoms with Crippen molar-refractivity contribution in [3.05, 3.63) is 42.2 Å². The third-order valence-electron chi connectivity index (χ3n) is 3.15. The Morgan fingerprint density at radius 1 is 1.21 bits per heavy atom. The average molecular weight is 258 g/mol. The van der Waals surface area contributed by atoms with E-state index in [1.165, 1.54) is 22.8 Å². The highest BCUT2D eigenvalue weighted by atomic mass is 16.5. The van der Waals surface area contributed by atoms with E-state index in [1.807, 2.05) is 12.4 Å². The molecule has 0 radical (unpaired) electrons. The van der Waals surface area contributed by atoms with Gasteiger partial charge in [0.2, 0.25) is 0 Å². The summed E-state index contributed by atoms with van der Waals surface area (Å²) in [5.74, 6) is 0. The Morgan fingerprint density at radius 3 is 3.05 bits per heavy atom. The van der Waals surface area contributed by atoms with Crippen LogP contribution in [0.25, 0.3) is 10.8 Å². The fourth-order valence-corrected chi connectivity index (χ4v) is 2.06. The second-order valence-electron chi connectivity index (χ2n) is 4.66. The van der Waals surface area contributed by atoms with Gasteiger partial charge in [-0.25, -0.2) is 0 Å². The third-order valence-corrected chi connectivity index (χ3v) is 3.15. The van der Waals surface area contributed by atoms with Crippen molar-refractivity contribution < 1.29 is 4.74 Å². The summed E-state index contributed by atoms with van der Waals surface area (Å²) in [5, 5.41) is 5.90. The van der Waals surface area contributed by atoms with Gasteiger partial charge in [-0.3, -0.25) is 4.98 Å². The maximum absolute atomic E-state index is 5.53. The molecule has 0 saturated heterocycles. The summed E-state index contributed by atoms with van der Waals surface area (Å²) in [7, 11) is 0. The Kier molecular flexibility index (Phi) is 5.79. The number of hydrogen-bond acceptors (Lipinski definition) is 3. The van der Waals surface area contributed by atoms with Crippen molar-refractivity contribution in [1.29, 1.82) is 0 Å². The van der Waals surface area contributed by atoms with E-state index in [0.717, 1.165) is 32.7 Å². The molecule has 0 bridgehead atoms. The number of hydrogen-bond donors (Lipinski definition) is 1. The number of fused-ring (bicyclic) bond motifs is 1. The van der Waals surface area contributed by atoms with Crippen molar-refractivity contribution >= 4 is 10.8 Å². The summed E-state index contributed by atoms with van der Waals surface area (Å²) < 4.78 is 5.53. The molecule has 0 unspecified atom stereocenters. The Bertz CT molecular complexity index is 494. The zero-order valence-electron chi connectivity index (χ0n) is 11.6. The molecular weight excluding hydrogens is 236 g/mol. The largest absolute Gasteiger partial charge is 0.380 e. The minimum atomic E-state index is 0.784. The third kappa shape index (κ3) is 4.30. The Morgan fingerprint density at radius 2 is 2.16 bits per heavy atom. The molecule has 1 aromatic heterocycles. The molecule has 19 heavy (non-hydrogen) atoms. The number of ether oxygens (including phenoxy) is 1. The highest BCUT2D eigenvalue weighted by Crippen LogP contribution is 2.16. The zero-order chi connectivity index (χ0) is 13.3. The van der Waals surface area contributed by atoms with Gasteiger partial charge in [-0.05, 0) is 23.4 Å². The molecule has 0 fully saturated rings. The van der Waals surface area contributed by atoms with Gasteiger partial charge in [-0.2, -0.15) is 0 Å². The van der Waals surface area contributed by atoms with Crippen LogP contribution < -0.4 is 5.32 Å². The van der Waals surface area contributed by atoms with Gasteiger partial charge in [-0.15, -0.1) is 0 Å². The molecule has 1 heterocycles. The smallest absolute Gasteiger partial charge is 0.0591 e. The highest BCUT2D eigenvalue weighted by Gasteiger charge is 1.99. The van der Waals surface area contributed by atoms with Gasteiger partial charge >= 0.3 is 0 Å². The van der Waals surface area contributed by atoms with Crippen LogP contribution in [0.3, 0.4) is 0 Å². The number of nitrogens with zero attached hydrogens (tertiary/aromatic N) is 1. The van der Waals surface area contributed by atoms with Crippen LogP contribution >= 0.6 is 0 Å². The van der Waals surface area contributed by atoms with Crippen molar-refractivity contribution in [2.75, 3.05) is 19.8 Å². The van der Waals surface area contributed by atoms with Crippen LogP contribution in [0.5, 0.6) is 0 Å². The van der Waals surface area contributed by atoms with Crippen molar-refractivity contribution in [2.45, 2.75) is 26.3 Å². The molecule has 0 aliphatic heterocycles. The van der Waals surface area contributed by atoms with E-state index in [2.05, 4.69) is 41.5 Å². The van der Waals surface area contributed by atoms with Gasteiger partial charge in [0, 0.05) is 37.5 Å². The van der Waals surface area contributed by atoms with Crippen LogP contribution in [-0.4, -0.2) is 24.7 Å². The number of pyridine rings is 1. The summed E-state index contributed by atoms with van der Waals surface area (Å²) in [6.45, 7) is 5.60. The molecule has 0 aliphatic rings. The summed E-state index contributed by atoms with van der Waals surface area (Å²) in [6, 6.07) is 8.41. The molecular formula is C16H22N2O. The molecule has 0 spiro atoms. The first-order valence-corrected chi connectivity index (χ1v) is 7.02. The lowest BCUT2D eigenvalue weighted by Gasteiger charge is -2.08. The summed E-state index contributed by atoms with van der Waals surface area (Å²) in [6.07, 6.45) is 6.10. The molecule has 2 rings (SSSR count). The van der Waals surface area contributed by atoms with Crippen LogP contribution in [0.4, 0.5) is 0 Å². The van der Waals surface area contributed by atoms with Gasteiger partial charge < -0.3 is 10.1 Å². The van der Waals surface area contributed by atoms with Crippen molar-refractivity contribution in [2.24, 2.45) is 0 Å². The molecule has 1 aromatic carbocycles. The highest BCUT2D eigenvalue weighted by molar-refractivity contribution is 5.84. The maximum atomic E-state index is 5.53. The van der Waals surface area contributed by atoms with E-state index in [-0.39, 0.29) is 0 Å². The van der Waals surface area contributed by atoms with E-state index < -0.39 is 0 Å². The second kappa shape index (κ2) is 7.87. The van der Waals surface area contributed by atoms with Crippen molar-refractivity contribution in [1.82, 2.24) is 10.3 Å². The predicted octanol–water partition coefficient (Wildman–Crippen LogP) is 3.14. The normalized spacial score (nSPS) is 11.0. The first-order chi connectivity index (χ1) is 9.42. The maximum Gasteiger partial charge on any atom is 0.0591 e. The number of rotatable bonds is 8. The van der Waals surface area contributed by atoms with Gasteiger partial charge in [-0.1, -0.05) is 31.5 Å². The lowest BCUT2D eigenvalue weighted by molar-refractivity contribution is 0.133. The standard InChI is InChI=1S/C16H22N2O/c1-2-3-10-19-11-9-18-13-15-6-4-5-14-12-17-8-7-16(14)15/h4-8,12,18H,2-3,9-11,13H2,1H3. The van der Waals surface area contributed by atoms with E-state index in [0.29, 0.717) is 0 Å². The van der Waals surface area contributed by atoms with E-state index in [1.54, 1.807) is 0 Å². The molecule has 102 valence electrons. The van der Waals surface area contributed by atoms with Crippen LogP contribution in [0.15, 0.2) is 36.7 Å². The van der Waals surface area contributed by atoms with Crippen LogP contribution in [0.2, 0.25) is 0 Å². The molecule has 0 amide bonds. The topological polar surface area (TPSA) is 34.1 Å². The fraction of sp³-hybridized carbons (Fsp3) is 0.438. The van der Waals surface area contributed by atoms with Gasteiger partial charge in [0.15, 0.2) is 0 Å². The van der Waals surface area contributed by atoms with Crippen LogP contribution in [0, 0.1) is 0 Å². The van der Waals surface area contributed by atoms with Crippen molar-refractivity contribution in [3.8, 4) is 0 Å². The van der Waals surface area contributed by atoms with Gasteiger partial charge in [0.1, 0.15) is 0 Å². The van der Waals surface area contributed by atoms with E-state index in [9.17, 15) is 0 Å². The average Bonchev–Trinajstić information content (AvgIpc) is 2.46. The number of benzene rings is 1. The molecule has 0 saturated carbocycles. The monoisotopic (exact) mass is 258 g/mol. The minimum absolute atomic E-state index is 0.784. The Balaban J connectivity index is 1.78. The predicted molar refractivity (Wildman–Crippen MR) is 79.2 cm³/mol. The first-order valence-electron chi connectivity index (χ1n) is 7.02. The molecule has 3 nitrogen and oxygen atoms in total. The molecule has 0 aliphatic carbocycles. The lowest BCUT2D eigenvalue weighted by Crippen LogP contribution is -2.19. The SMILES string of the molecule is CCCCOCCNCc1cccc2cnccc12. The number of aromatic nitrogens is 1. The molecule has 0 atom stereocenters. The quantitative estimate of drug-likeness (QED) is 0.739. The summed E-state index contributed by atoms with van der Waals surface area (Å²) in [4.78, 5) is 4.15. The molecule has 3 heteroatoms. The lowest BCUT2D eigenvalue weighted by atomic mass is 10.1. The van der Waals surface area contributed by atoms with Gasteiger partial charge in [0.25, 0.3) is 0 Å². The minimum Gasteiger partial charge on any atom is -0.380 e. The molecule has 1 N–H and O–H groups in total. The summed E-state index contributed by atoms with van der Waals surface area (Å²) in [5.41, 5.74) is 1.31. The van der Waals surface area contributed by atoms with Crippen LogP contribution in [-0.2, 0) is 11.3 Å². The Labute approximate surface area is 115 Å². The van der Waals surface area contributed by atoms with Crippen LogP contribution in [0.1, 0.15) is 25.3 Å². The summed E-state index contributed by atoms with van der Waals surface area (Å²) >= 11 is 0. The first kappa shape index (κ1) is 14.0. The number of unbranched alkanes of at least 4 members (excludes halogenated alkanes) is 1. The van der Waals surface area contributed by atoms with Crippen molar-refractivity contribution in [3.63, 3.8) is 0 Å². The zero-order valence-corrected chi connectivity index (χ0v) is 11.6. The van der Waals surface area contributed by atoms with E-state index >= 15 is 0 Å².